The Kier molecular flexibility index (Phi) is 8.18. The molecule has 2 nitrogen and oxygen atoms in total. The van der Waals surface area contributed by atoms with Crippen molar-refractivity contribution in [1.29, 1.82) is 0 Å². The molecule has 0 unspecified atom stereocenters. The first kappa shape index (κ1) is 23.3. The molecule has 0 bridgehead atoms. The third-order valence-electron chi connectivity index (χ3n) is 5.36. The smallest absolute Gasteiger partial charge is 0.223 e. The quantitative estimate of drug-likeness (QED) is 0.477. The number of fused-ring (bicyclic) bond motifs is 1. The van der Waals surface area contributed by atoms with E-state index in [1.54, 1.807) is 13.0 Å². The Morgan fingerprint density at radius 2 is 1.97 bits per heavy atom. The van der Waals surface area contributed by atoms with Gasteiger partial charge in [0.1, 0.15) is 12.5 Å². The van der Waals surface area contributed by atoms with E-state index in [4.69, 9.17) is 0 Å². The average molecular weight is 404 g/mol. The molecule has 1 aliphatic heterocycles. The van der Waals surface area contributed by atoms with Gasteiger partial charge in [0.2, 0.25) is 5.91 Å². The molecule has 29 heavy (non-hydrogen) atoms. The lowest BCUT2D eigenvalue weighted by molar-refractivity contribution is -0.134. The highest BCUT2D eigenvalue weighted by Gasteiger charge is 2.24. The van der Waals surface area contributed by atoms with E-state index in [1.807, 2.05) is 17.9 Å². The van der Waals surface area contributed by atoms with Crippen molar-refractivity contribution in [2.24, 2.45) is 5.41 Å². The number of hydrogen-bond donors (Lipinski definition) is 0. The molecule has 0 atom stereocenters. The summed E-state index contributed by atoms with van der Waals surface area (Å²) in [6, 6.07) is 6.24. The van der Waals surface area contributed by atoms with E-state index in [9.17, 15) is 13.6 Å². The maximum atomic E-state index is 14.4. The molecular weight excluding hydrogens is 368 g/mol. The summed E-state index contributed by atoms with van der Waals surface area (Å²) in [7, 11) is 0. The lowest BCUT2D eigenvalue weighted by Crippen LogP contribution is -2.37. The van der Waals surface area contributed by atoms with Crippen LogP contribution < -0.4 is 0 Å². The molecule has 0 radical (unpaired) electrons. The summed E-state index contributed by atoms with van der Waals surface area (Å²) >= 11 is 0. The normalized spacial score (nSPS) is 15.8. The van der Waals surface area contributed by atoms with E-state index in [0.717, 1.165) is 24.9 Å². The molecular formula is C25H35F2NO. The number of hydrogen-bond acceptors (Lipinski definition) is 1. The molecule has 0 spiro atoms. The van der Waals surface area contributed by atoms with Gasteiger partial charge in [-0.1, -0.05) is 52.0 Å². The summed E-state index contributed by atoms with van der Waals surface area (Å²) < 4.78 is 27.8. The Morgan fingerprint density at radius 1 is 1.24 bits per heavy atom. The number of rotatable bonds is 7. The van der Waals surface area contributed by atoms with Gasteiger partial charge in [0.15, 0.2) is 0 Å². The summed E-state index contributed by atoms with van der Waals surface area (Å²) in [4.78, 5) is 14.5. The van der Waals surface area contributed by atoms with Gasteiger partial charge >= 0.3 is 0 Å². The zero-order chi connectivity index (χ0) is 21.6. The second-order valence-electron chi connectivity index (χ2n) is 9.25. The van der Waals surface area contributed by atoms with Crippen molar-refractivity contribution in [2.45, 2.75) is 73.3 Å². The van der Waals surface area contributed by atoms with Gasteiger partial charge in [-0.05, 0) is 65.9 Å². The number of nitrogens with zero attached hydrogens (tertiary/aromatic N) is 1. The first-order valence-corrected chi connectivity index (χ1v) is 10.6. The van der Waals surface area contributed by atoms with Gasteiger partial charge < -0.3 is 4.90 Å². The minimum absolute atomic E-state index is 0.0111. The number of alkyl halides is 1. The zero-order valence-electron chi connectivity index (χ0n) is 18.6. The standard InChI is InChI=1S/C25H35F2NO/c1-6-7-18(2)24(27)21(16-26)10-8-19-9-11-22-17-28(13-12-20(22)14-19)23(29)15-25(3,4)5/h7,9,11,14H,6,8,10,12-13,15-17H2,1-5H3/b18-7-,24-21+. The van der Waals surface area contributed by atoms with Gasteiger partial charge in [-0.25, -0.2) is 8.78 Å². The van der Waals surface area contributed by atoms with Crippen LogP contribution in [0.4, 0.5) is 8.78 Å². The van der Waals surface area contributed by atoms with Gasteiger partial charge in [0.25, 0.3) is 0 Å². The molecule has 1 aromatic carbocycles. The fourth-order valence-electron chi connectivity index (χ4n) is 3.75. The van der Waals surface area contributed by atoms with Crippen LogP contribution in [0, 0.1) is 5.41 Å². The molecule has 0 fully saturated rings. The fourth-order valence-corrected chi connectivity index (χ4v) is 3.75. The van der Waals surface area contributed by atoms with Gasteiger partial charge in [0.05, 0.1) is 0 Å². The lowest BCUT2D eigenvalue weighted by atomic mass is 9.90. The van der Waals surface area contributed by atoms with E-state index in [0.29, 0.717) is 31.4 Å². The molecule has 0 saturated carbocycles. The fraction of sp³-hybridized carbons (Fsp3) is 0.560. The van der Waals surface area contributed by atoms with Crippen molar-refractivity contribution in [1.82, 2.24) is 4.90 Å². The Bertz CT molecular complexity index is 787. The molecule has 1 aromatic rings. The van der Waals surface area contributed by atoms with Crippen molar-refractivity contribution in [3.63, 3.8) is 0 Å². The largest absolute Gasteiger partial charge is 0.338 e. The van der Waals surface area contributed by atoms with Gasteiger partial charge in [-0.15, -0.1) is 0 Å². The Morgan fingerprint density at radius 3 is 2.59 bits per heavy atom. The zero-order valence-corrected chi connectivity index (χ0v) is 18.6. The predicted octanol–water partition coefficient (Wildman–Crippen LogP) is 6.49. The van der Waals surface area contributed by atoms with E-state index >= 15 is 0 Å². The SMILES string of the molecule is CC/C=C(C)\C(F)=C(/CF)CCc1ccc2c(c1)CCN(C(=O)CC(C)(C)C)C2. The first-order valence-electron chi connectivity index (χ1n) is 10.6. The topological polar surface area (TPSA) is 20.3 Å². The van der Waals surface area contributed by atoms with Crippen molar-refractivity contribution in [2.75, 3.05) is 13.2 Å². The Hall–Kier alpha value is -1.97. The summed E-state index contributed by atoms with van der Waals surface area (Å²) in [5.74, 6) is -0.198. The van der Waals surface area contributed by atoms with Crippen LogP contribution >= 0.6 is 0 Å². The highest BCUT2D eigenvalue weighted by molar-refractivity contribution is 5.77. The highest BCUT2D eigenvalue weighted by atomic mass is 19.1. The predicted molar refractivity (Wildman–Crippen MR) is 116 cm³/mol. The number of aryl methyl sites for hydroxylation is 1. The van der Waals surface area contributed by atoms with Crippen molar-refractivity contribution in [3.05, 3.63) is 57.9 Å². The van der Waals surface area contributed by atoms with Crippen LogP contribution in [0.25, 0.3) is 0 Å². The maximum absolute atomic E-state index is 14.4. The van der Waals surface area contributed by atoms with Crippen LogP contribution in [0.3, 0.4) is 0 Å². The van der Waals surface area contributed by atoms with Crippen LogP contribution in [0.2, 0.25) is 0 Å². The average Bonchev–Trinajstić information content (AvgIpc) is 2.66. The van der Waals surface area contributed by atoms with Gasteiger partial charge in [0, 0.05) is 19.5 Å². The number of benzene rings is 1. The number of allylic oxidation sites excluding steroid dienone is 4. The summed E-state index contributed by atoms with van der Waals surface area (Å²) in [6.45, 7) is 10.5. The van der Waals surface area contributed by atoms with Crippen LogP contribution in [0.5, 0.6) is 0 Å². The first-order chi connectivity index (χ1) is 13.6. The molecule has 2 rings (SSSR count). The van der Waals surface area contributed by atoms with Gasteiger partial charge in [-0.3, -0.25) is 4.79 Å². The van der Waals surface area contributed by atoms with Gasteiger partial charge in [-0.2, -0.15) is 0 Å². The molecule has 1 heterocycles. The summed E-state index contributed by atoms with van der Waals surface area (Å²) in [6.07, 6.45) is 4.90. The molecule has 4 heteroatoms. The molecule has 0 aromatic heterocycles. The number of carbonyl (C=O) groups excluding carboxylic acids is 1. The Labute approximate surface area is 174 Å². The minimum Gasteiger partial charge on any atom is -0.338 e. The Balaban J connectivity index is 2.04. The molecule has 0 aliphatic carbocycles. The second kappa shape index (κ2) is 10.2. The number of carbonyl (C=O) groups is 1. The van der Waals surface area contributed by atoms with Crippen LogP contribution in [-0.4, -0.2) is 24.0 Å². The van der Waals surface area contributed by atoms with E-state index in [1.165, 1.54) is 11.1 Å². The van der Waals surface area contributed by atoms with Crippen molar-refractivity contribution in [3.8, 4) is 0 Å². The molecule has 0 saturated heterocycles. The van der Waals surface area contributed by atoms with Crippen molar-refractivity contribution < 1.29 is 13.6 Å². The molecule has 0 N–H and O–H groups in total. The number of amides is 1. The van der Waals surface area contributed by atoms with E-state index in [-0.39, 0.29) is 16.9 Å². The van der Waals surface area contributed by atoms with Crippen LogP contribution in [0.15, 0.2) is 41.2 Å². The third kappa shape index (κ3) is 6.80. The maximum Gasteiger partial charge on any atom is 0.223 e. The third-order valence-corrected chi connectivity index (χ3v) is 5.36. The molecule has 160 valence electrons. The molecule has 1 aliphatic rings. The van der Waals surface area contributed by atoms with Crippen LogP contribution in [0.1, 0.15) is 70.6 Å². The number of halogens is 2. The minimum atomic E-state index is -0.753. The summed E-state index contributed by atoms with van der Waals surface area (Å²) in [5.41, 5.74) is 4.26. The monoisotopic (exact) mass is 403 g/mol. The molecule has 1 amide bonds. The summed E-state index contributed by atoms with van der Waals surface area (Å²) in [5, 5.41) is 0. The van der Waals surface area contributed by atoms with Crippen molar-refractivity contribution >= 4 is 5.91 Å². The van der Waals surface area contributed by atoms with Crippen LogP contribution in [-0.2, 0) is 24.2 Å². The van der Waals surface area contributed by atoms with E-state index < -0.39 is 12.5 Å². The lowest BCUT2D eigenvalue weighted by Gasteiger charge is -2.31. The van der Waals surface area contributed by atoms with E-state index in [2.05, 4.69) is 32.9 Å². The second-order valence-corrected chi connectivity index (χ2v) is 9.25. The highest BCUT2D eigenvalue weighted by Crippen LogP contribution is 2.26.